The molecule has 4 heteroatoms. The standard InChI is InChI=1S/C13H29N3O/c1-11(2)16(4)10-6-5-9-15-13(17)8-7-12(3)14/h11-12H,5-10,14H2,1-4H3,(H,15,17). The molecule has 3 N–H and O–H groups in total. The molecule has 0 aromatic heterocycles. The Kier molecular flexibility index (Phi) is 9.09. The summed E-state index contributed by atoms with van der Waals surface area (Å²) in [5.74, 6) is 0.125. The lowest BCUT2D eigenvalue weighted by atomic mass is 10.2. The molecule has 0 heterocycles. The first-order valence-corrected chi connectivity index (χ1v) is 6.66. The van der Waals surface area contributed by atoms with Crippen LogP contribution in [0.15, 0.2) is 0 Å². The minimum absolute atomic E-state index is 0.112. The highest BCUT2D eigenvalue weighted by molar-refractivity contribution is 5.75. The van der Waals surface area contributed by atoms with Gasteiger partial charge in [-0.3, -0.25) is 4.79 Å². The Morgan fingerprint density at radius 3 is 2.47 bits per heavy atom. The van der Waals surface area contributed by atoms with Crippen molar-refractivity contribution in [3.05, 3.63) is 0 Å². The van der Waals surface area contributed by atoms with E-state index in [1.807, 2.05) is 6.92 Å². The van der Waals surface area contributed by atoms with Crippen LogP contribution in [0, 0.1) is 0 Å². The van der Waals surface area contributed by atoms with Crippen LogP contribution in [-0.4, -0.2) is 43.0 Å². The van der Waals surface area contributed by atoms with Gasteiger partial charge in [-0.25, -0.2) is 0 Å². The number of unbranched alkanes of at least 4 members (excludes halogenated alkanes) is 1. The third-order valence-corrected chi connectivity index (χ3v) is 2.97. The first-order chi connectivity index (χ1) is 7.93. The summed E-state index contributed by atoms with van der Waals surface area (Å²) in [5.41, 5.74) is 5.59. The van der Waals surface area contributed by atoms with Crippen molar-refractivity contribution in [2.24, 2.45) is 5.73 Å². The van der Waals surface area contributed by atoms with Gasteiger partial charge in [-0.1, -0.05) is 0 Å². The second-order valence-corrected chi connectivity index (χ2v) is 5.15. The van der Waals surface area contributed by atoms with Crippen molar-refractivity contribution in [1.82, 2.24) is 10.2 Å². The normalized spacial score (nSPS) is 13.1. The summed E-state index contributed by atoms with van der Waals surface area (Å²) in [4.78, 5) is 13.7. The number of nitrogens with zero attached hydrogens (tertiary/aromatic N) is 1. The second kappa shape index (κ2) is 9.42. The molecule has 0 saturated carbocycles. The van der Waals surface area contributed by atoms with Crippen molar-refractivity contribution in [2.75, 3.05) is 20.1 Å². The fourth-order valence-corrected chi connectivity index (χ4v) is 1.42. The average molecular weight is 243 g/mol. The van der Waals surface area contributed by atoms with Gasteiger partial charge in [0.15, 0.2) is 0 Å². The van der Waals surface area contributed by atoms with Crippen molar-refractivity contribution in [1.29, 1.82) is 0 Å². The number of hydrogen-bond donors (Lipinski definition) is 2. The molecule has 17 heavy (non-hydrogen) atoms. The van der Waals surface area contributed by atoms with Crippen LogP contribution in [0.3, 0.4) is 0 Å². The van der Waals surface area contributed by atoms with Gasteiger partial charge >= 0.3 is 0 Å². The summed E-state index contributed by atoms with van der Waals surface area (Å²) in [6, 6.07) is 0.705. The van der Waals surface area contributed by atoms with E-state index in [4.69, 9.17) is 5.73 Å². The number of hydrogen-bond acceptors (Lipinski definition) is 3. The Hall–Kier alpha value is -0.610. The number of carbonyl (C=O) groups is 1. The van der Waals surface area contributed by atoms with E-state index < -0.39 is 0 Å². The Bertz CT molecular complexity index is 205. The van der Waals surface area contributed by atoms with Crippen molar-refractivity contribution >= 4 is 5.91 Å². The highest BCUT2D eigenvalue weighted by Crippen LogP contribution is 1.98. The van der Waals surface area contributed by atoms with Gasteiger partial charge in [0.25, 0.3) is 0 Å². The predicted octanol–water partition coefficient (Wildman–Crippen LogP) is 1.35. The van der Waals surface area contributed by atoms with E-state index in [1.165, 1.54) is 0 Å². The molecule has 0 rings (SSSR count). The molecule has 1 atom stereocenters. The fraction of sp³-hybridized carbons (Fsp3) is 0.923. The molecule has 1 unspecified atom stereocenters. The van der Waals surface area contributed by atoms with Crippen LogP contribution in [0.1, 0.15) is 46.5 Å². The molecular formula is C13H29N3O. The third kappa shape index (κ3) is 10.3. The van der Waals surface area contributed by atoms with Gasteiger partial charge in [0.2, 0.25) is 5.91 Å². The third-order valence-electron chi connectivity index (χ3n) is 2.97. The molecule has 0 aromatic rings. The molecule has 0 radical (unpaired) electrons. The average Bonchev–Trinajstić information content (AvgIpc) is 2.25. The summed E-state index contributed by atoms with van der Waals surface area (Å²) in [7, 11) is 2.13. The minimum atomic E-state index is 0.112. The van der Waals surface area contributed by atoms with Gasteiger partial charge in [-0.05, 0) is 53.6 Å². The smallest absolute Gasteiger partial charge is 0.220 e. The van der Waals surface area contributed by atoms with E-state index in [9.17, 15) is 4.79 Å². The summed E-state index contributed by atoms with van der Waals surface area (Å²) in [6.07, 6.45) is 3.48. The van der Waals surface area contributed by atoms with Crippen LogP contribution in [0.4, 0.5) is 0 Å². The molecule has 0 saturated heterocycles. The van der Waals surface area contributed by atoms with Gasteiger partial charge in [0.05, 0.1) is 0 Å². The molecule has 102 valence electrons. The Morgan fingerprint density at radius 1 is 1.29 bits per heavy atom. The van der Waals surface area contributed by atoms with Gasteiger partial charge in [0.1, 0.15) is 0 Å². The van der Waals surface area contributed by atoms with Gasteiger partial charge in [0, 0.05) is 25.0 Å². The van der Waals surface area contributed by atoms with Crippen LogP contribution in [-0.2, 0) is 4.79 Å². The number of nitrogens with two attached hydrogens (primary N) is 1. The second-order valence-electron chi connectivity index (χ2n) is 5.15. The molecule has 1 amide bonds. The van der Waals surface area contributed by atoms with Crippen molar-refractivity contribution < 1.29 is 4.79 Å². The van der Waals surface area contributed by atoms with Crippen molar-refractivity contribution in [3.63, 3.8) is 0 Å². The highest BCUT2D eigenvalue weighted by atomic mass is 16.1. The maximum atomic E-state index is 11.4. The molecule has 0 bridgehead atoms. The molecular weight excluding hydrogens is 214 g/mol. The Labute approximate surface area is 106 Å². The highest BCUT2D eigenvalue weighted by Gasteiger charge is 2.04. The van der Waals surface area contributed by atoms with Crippen LogP contribution in [0.5, 0.6) is 0 Å². The maximum absolute atomic E-state index is 11.4. The number of nitrogens with one attached hydrogen (secondary N) is 1. The first-order valence-electron chi connectivity index (χ1n) is 6.66. The van der Waals surface area contributed by atoms with Crippen molar-refractivity contribution in [2.45, 2.75) is 58.5 Å². The fourth-order valence-electron chi connectivity index (χ4n) is 1.42. The Balaban J connectivity index is 3.36. The number of amides is 1. The summed E-state index contributed by atoms with van der Waals surface area (Å²) < 4.78 is 0. The summed E-state index contributed by atoms with van der Waals surface area (Å²) >= 11 is 0. The largest absolute Gasteiger partial charge is 0.356 e. The Morgan fingerprint density at radius 2 is 1.94 bits per heavy atom. The van der Waals surface area contributed by atoms with Crippen molar-refractivity contribution in [3.8, 4) is 0 Å². The zero-order chi connectivity index (χ0) is 13.3. The lowest BCUT2D eigenvalue weighted by Crippen LogP contribution is -2.29. The van der Waals surface area contributed by atoms with Crippen LogP contribution in [0.2, 0.25) is 0 Å². The summed E-state index contributed by atoms with van der Waals surface area (Å²) in [6.45, 7) is 8.18. The van der Waals surface area contributed by atoms with E-state index >= 15 is 0 Å². The van der Waals surface area contributed by atoms with Crippen LogP contribution in [0.25, 0.3) is 0 Å². The predicted molar refractivity (Wildman–Crippen MR) is 72.9 cm³/mol. The SMILES string of the molecule is CC(N)CCC(=O)NCCCCN(C)C(C)C. The van der Waals surface area contributed by atoms with Gasteiger partial charge in [-0.2, -0.15) is 0 Å². The monoisotopic (exact) mass is 243 g/mol. The first kappa shape index (κ1) is 16.4. The zero-order valence-electron chi connectivity index (χ0n) is 11.8. The molecule has 4 nitrogen and oxygen atoms in total. The molecule has 0 aliphatic rings. The summed E-state index contributed by atoms with van der Waals surface area (Å²) in [5, 5.41) is 2.93. The molecule has 0 spiro atoms. The minimum Gasteiger partial charge on any atom is -0.356 e. The van der Waals surface area contributed by atoms with Crippen LogP contribution >= 0.6 is 0 Å². The molecule has 0 aliphatic heterocycles. The molecule has 0 aliphatic carbocycles. The topological polar surface area (TPSA) is 58.4 Å². The van der Waals surface area contributed by atoms with E-state index in [0.717, 1.165) is 32.4 Å². The molecule has 0 aromatic carbocycles. The van der Waals surface area contributed by atoms with Crippen LogP contribution < -0.4 is 11.1 Å². The number of carbonyl (C=O) groups excluding carboxylic acids is 1. The molecule has 0 fully saturated rings. The van der Waals surface area contributed by atoms with Gasteiger partial charge < -0.3 is 16.0 Å². The van der Waals surface area contributed by atoms with E-state index in [1.54, 1.807) is 0 Å². The van der Waals surface area contributed by atoms with E-state index in [0.29, 0.717) is 12.5 Å². The lowest BCUT2D eigenvalue weighted by molar-refractivity contribution is -0.121. The zero-order valence-corrected chi connectivity index (χ0v) is 11.8. The number of rotatable bonds is 9. The lowest BCUT2D eigenvalue weighted by Gasteiger charge is -2.20. The maximum Gasteiger partial charge on any atom is 0.220 e. The van der Waals surface area contributed by atoms with E-state index in [-0.39, 0.29) is 11.9 Å². The van der Waals surface area contributed by atoms with Gasteiger partial charge in [-0.15, -0.1) is 0 Å². The van der Waals surface area contributed by atoms with E-state index in [2.05, 4.69) is 31.1 Å². The quantitative estimate of drug-likeness (QED) is 0.601.